The van der Waals surface area contributed by atoms with E-state index >= 15 is 0 Å². The van der Waals surface area contributed by atoms with Crippen LogP contribution in [0.4, 0.5) is 33.5 Å². The third-order valence-corrected chi connectivity index (χ3v) is 4.53. The largest absolute Gasteiger partial charge is 0.477 e. The first-order valence-electron chi connectivity index (χ1n) is 8.67. The van der Waals surface area contributed by atoms with Crippen LogP contribution in [0.3, 0.4) is 0 Å². The van der Waals surface area contributed by atoms with Crippen LogP contribution in [0.5, 0.6) is 0 Å². The van der Waals surface area contributed by atoms with Crippen LogP contribution in [-0.2, 0) is 12.7 Å². The number of aromatic nitrogens is 2. The van der Waals surface area contributed by atoms with Gasteiger partial charge in [0.1, 0.15) is 11.5 Å². The molecule has 1 aliphatic heterocycles. The molecule has 1 fully saturated rings. The Bertz CT molecular complexity index is 894. The molecule has 1 aliphatic rings. The number of hydrogen-bond acceptors (Lipinski definition) is 5. The van der Waals surface area contributed by atoms with Crippen LogP contribution >= 0.6 is 0 Å². The van der Waals surface area contributed by atoms with Gasteiger partial charge in [0.15, 0.2) is 0 Å². The van der Waals surface area contributed by atoms with Crippen LogP contribution in [0.15, 0.2) is 30.6 Å². The van der Waals surface area contributed by atoms with Crippen LogP contribution in [0.25, 0.3) is 0 Å². The number of pyridine rings is 2. The van der Waals surface area contributed by atoms with Gasteiger partial charge in [-0.25, -0.2) is 23.5 Å². The van der Waals surface area contributed by atoms with Gasteiger partial charge in [-0.05, 0) is 18.2 Å². The molecule has 2 aromatic heterocycles. The average Bonchev–Trinajstić information content (AvgIpc) is 2.66. The summed E-state index contributed by atoms with van der Waals surface area (Å²) in [7, 11) is 0. The van der Waals surface area contributed by atoms with E-state index in [1.165, 1.54) is 23.2 Å². The predicted molar refractivity (Wildman–Crippen MR) is 94.2 cm³/mol. The molecular weight excluding hydrogens is 399 g/mol. The Kier molecular flexibility index (Phi) is 5.58. The summed E-state index contributed by atoms with van der Waals surface area (Å²) in [5, 5.41) is 11.8. The molecule has 0 saturated carbocycles. The van der Waals surface area contributed by atoms with Gasteiger partial charge in [-0.3, -0.25) is 0 Å². The van der Waals surface area contributed by atoms with Crippen molar-refractivity contribution < 1.29 is 31.9 Å². The zero-order chi connectivity index (χ0) is 21.2. The molecular formula is C18H17F5N4O2. The van der Waals surface area contributed by atoms with Crippen molar-refractivity contribution in [2.45, 2.75) is 31.5 Å². The van der Waals surface area contributed by atoms with E-state index < -0.39 is 36.5 Å². The van der Waals surface area contributed by atoms with Crippen molar-refractivity contribution in [1.29, 1.82) is 0 Å². The number of rotatable bonds is 5. The zero-order valence-electron chi connectivity index (χ0n) is 15.0. The summed E-state index contributed by atoms with van der Waals surface area (Å²) in [6.45, 7) is -0.171. The number of nitrogens with one attached hydrogen (secondary N) is 1. The number of carboxylic acid groups (broad SMARTS) is 1. The minimum atomic E-state index is -4.61. The lowest BCUT2D eigenvalue weighted by Gasteiger charge is -2.33. The third-order valence-electron chi connectivity index (χ3n) is 4.53. The summed E-state index contributed by atoms with van der Waals surface area (Å²) < 4.78 is 66.2. The van der Waals surface area contributed by atoms with Crippen LogP contribution in [0.2, 0.25) is 0 Å². The summed E-state index contributed by atoms with van der Waals surface area (Å²) in [4.78, 5) is 20.1. The van der Waals surface area contributed by atoms with Gasteiger partial charge in [0.25, 0.3) is 5.92 Å². The molecule has 6 nitrogen and oxygen atoms in total. The van der Waals surface area contributed by atoms with Crippen LogP contribution in [-0.4, -0.2) is 40.1 Å². The zero-order valence-corrected chi connectivity index (χ0v) is 15.0. The summed E-state index contributed by atoms with van der Waals surface area (Å²) >= 11 is 0. The summed E-state index contributed by atoms with van der Waals surface area (Å²) in [5.74, 6) is -3.86. The second kappa shape index (κ2) is 7.80. The number of carbonyl (C=O) groups is 1. The van der Waals surface area contributed by atoms with Crippen molar-refractivity contribution in [2.24, 2.45) is 0 Å². The van der Waals surface area contributed by atoms with Crippen LogP contribution in [0.1, 0.15) is 34.5 Å². The van der Waals surface area contributed by atoms with E-state index in [0.29, 0.717) is 11.9 Å². The van der Waals surface area contributed by atoms with Gasteiger partial charge in [-0.1, -0.05) is 0 Å². The maximum atomic E-state index is 13.4. The van der Waals surface area contributed by atoms with E-state index in [0.717, 1.165) is 6.07 Å². The normalized spacial score (nSPS) is 16.5. The first kappa shape index (κ1) is 20.7. The molecule has 2 aromatic rings. The van der Waals surface area contributed by atoms with Gasteiger partial charge in [0.05, 0.1) is 5.56 Å². The van der Waals surface area contributed by atoms with E-state index in [2.05, 4.69) is 15.3 Å². The van der Waals surface area contributed by atoms with Gasteiger partial charge < -0.3 is 15.3 Å². The Labute approximate surface area is 162 Å². The van der Waals surface area contributed by atoms with Crippen LogP contribution in [0, 0.1) is 0 Å². The second-order valence-electron chi connectivity index (χ2n) is 6.64. The lowest BCUT2D eigenvalue weighted by atomic mass is 10.1. The first-order chi connectivity index (χ1) is 13.5. The monoisotopic (exact) mass is 416 g/mol. The molecule has 3 heterocycles. The Hall–Kier alpha value is -2.98. The number of hydrogen-bond donors (Lipinski definition) is 2. The topological polar surface area (TPSA) is 78.3 Å². The van der Waals surface area contributed by atoms with E-state index in [1.807, 2.05) is 0 Å². The fourth-order valence-electron chi connectivity index (χ4n) is 2.97. The minimum absolute atomic E-state index is 0.0310. The molecule has 3 rings (SSSR count). The Morgan fingerprint density at radius 1 is 1.21 bits per heavy atom. The molecule has 0 bridgehead atoms. The standard InChI is InChI=1S/C18H17F5N4O2/c19-17(20)2-5-27(6-3-17)15-11(7-12(10-26-15)18(21,22)23)9-25-13-1-4-24-14(8-13)16(28)29/h1,4,7-8,10H,2-3,5-6,9H2,(H,24,25)(H,28,29). The lowest BCUT2D eigenvalue weighted by molar-refractivity contribution is -0.137. The Morgan fingerprint density at radius 3 is 2.52 bits per heavy atom. The third kappa shape index (κ3) is 5.09. The van der Waals surface area contributed by atoms with Crippen molar-refractivity contribution >= 4 is 17.5 Å². The fraction of sp³-hybridized carbons (Fsp3) is 0.389. The summed E-state index contributed by atoms with van der Waals surface area (Å²) in [5.41, 5.74) is -0.679. The van der Waals surface area contributed by atoms with Crippen molar-refractivity contribution in [3.63, 3.8) is 0 Å². The van der Waals surface area contributed by atoms with Crippen molar-refractivity contribution in [3.8, 4) is 0 Å². The number of aromatic carboxylic acids is 1. The van der Waals surface area contributed by atoms with Crippen molar-refractivity contribution in [1.82, 2.24) is 9.97 Å². The van der Waals surface area contributed by atoms with Gasteiger partial charge >= 0.3 is 12.1 Å². The number of carboxylic acids is 1. The first-order valence-corrected chi connectivity index (χ1v) is 8.67. The molecule has 0 atom stereocenters. The maximum absolute atomic E-state index is 13.4. The predicted octanol–water partition coefficient (Wildman–Crippen LogP) is 4.04. The van der Waals surface area contributed by atoms with Gasteiger partial charge in [-0.2, -0.15) is 13.2 Å². The highest BCUT2D eigenvalue weighted by Gasteiger charge is 2.36. The van der Waals surface area contributed by atoms with Crippen LogP contribution < -0.4 is 10.2 Å². The molecule has 11 heteroatoms. The quantitative estimate of drug-likeness (QED) is 0.717. The molecule has 2 N–H and O–H groups in total. The molecule has 156 valence electrons. The summed E-state index contributed by atoms with van der Waals surface area (Å²) in [6.07, 6.45) is -3.49. The number of anilines is 2. The molecule has 0 aromatic carbocycles. The molecule has 0 aliphatic carbocycles. The highest BCUT2D eigenvalue weighted by Crippen LogP contribution is 2.34. The fourth-order valence-corrected chi connectivity index (χ4v) is 2.97. The number of halogens is 5. The lowest BCUT2D eigenvalue weighted by Crippen LogP contribution is -2.40. The molecule has 1 saturated heterocycles. The smallest absolute Gasteiger partial charge is 0.417 e. The van der Waals surface area contributed by atoms with E-state index in [1.54, 1.807) is 0 Å². The average molecular weight is 416 g/mol. The van der Waals surface area contributed by atoms with Gasteiger partial charge in [0.2, 0.25) is 0 Å². The Balaban J connectivity index is 1.86. The number of nitrogens with zero attached hydrogens (tertiary/aromatic N) is 3. The van der Waals surface area contributed by atoms with E-state index in [-0.39, 0.29) is 36.7 Å². The maximum Gasteiger partial charge on any atom is 0.417 e. The number of piperidine rings is 1. The minimum Gasteiger partial charge on any atom is -0.477 e. The summed E-state index contributed by atoms with van der Waals surface area (Å²) in [6, 6.07) is 3.63. The molecule has 29 heavy (non-hydrogen) atoms. The Morgan fingerprint density at radius 2 is 1.90 bits per heavy atom. The van der Waals surface area contributed by atoms with Crippen molar-refractivity contribution in [2.75, 3.05) is 23.3 Å². The van der Waals surface area contributed by atoms with Gasteiger partial charge in [-0.15, -0.1) is 0 Å². The highest BCUT2D eigenvalue weighted by atomic mass is 19.4. The SMILES string of the molecule is O=C(O)c1cc(NCc2cc(C(F)(F)F)cnc2N2CCC(F)(F)CC2)ccn1. The second-order valence-corrected chi connectivity index (χ2v) is 6.64. The number of alkyl halides is 5. The molecule has 0 amide bonds. The molecule has 0 unspecified atom stereocenters. The van der Waals surface area contributed by atoms with Crippen molar-refractivity contribution in [3.05, 3.63) is 47.4 Å². The van der Waals surface area contributed by atoms with Gasteiger partial charge in [0, 0.05) is 56.1 Å². The highest BCUT2D eigenvalue weighted by molar-refractivity contribution is 5.86. The van der Waals surface area contributed by atoms with E-state index in [9.17, 15) is 26.7 Å². The van der Waals surface area contributed by atoms with E-state index in [4.69, 9.17) is 5.11 Å². The molecule has 0 spiro atoms. The molecule has 0 radical (unpaired) electrons.